The molecule has 0 heterocycles. The number of carboxylic acids is 1. The van der Waals surface area contributed by atoms with Crippen LogP contribution >= 0.6 is 0 Å². The Hall–Kier alpha value is -1.14. The fraction of sp³-hybridized carbons (Fsp3) is 0.926. The minimum Gasteiger partial charge on any atom is -0.481 e. The SMILES string of the molecule is CCC[C@@H](O)[C@@H](CC1CCCCC1)C(=O)O.CCC[C@@H](O)[C@@H](CC1CCCCC1)C(=O)OC. The van der Waals surface area contributed by atoms with Crippen LogP contribution in [0.5, 0.6) is 0 Å². The summed E-state index contributed by atoms with van der Waals surface area (Å²) in [4.78, 5) is 22.8. The number of hydrogen-bond donors (Lipinski definition) is 3. The highest BCUT2D eigenvalue weighted by Crippen LogP contribution is 2.32. The third kappa shape index (κ3) is 11.7. The van der Waals surface area contributed by atoms with Gasteiger partial charge in [0.25, 0.3) is 0 Å². The summed E-state index contributed by atoms with van der Waals surface area (Å²) in [6.07, 6.45) is 15.6. The van der Waals surface area contributed by atoms with E-state index in [1.54, 1.807) is 0 Å². The lowest BCUT2D eigenvalue weighted by Crippen LogP contribution is -2.31. The van der Waals surface area contributed by atoms with Gasteiger partial charge in [0, 0.05) is 0 Å². The summed E-state index contributed by atoms with van der Waals surface area (Å²) in [5, 5.41) is 29.0. The number of hydrogen-bond acceptors (Lipinski definition) is 5. The van der Waals surface area contributed by atoms with E-state index in [4.69, 9.17) is 9.84 Å². The molecule has 2 rings (SSSR count). The molecular formula is C27H50O6. The quantitative estimate of drug-likeness (QED) is 0.315. The van der Waals surface area contributed by atoms with Crippen LogP contribution in [0.1, 0.15) is 117 Å². The smallest absolute Gasteiger partial charge is 0.311 e. The van der Waals surface area contributed by atoms with Crippen molar-refractivity contribution in [3.63, 3.8) is 0 Å². The largest absolute Gasteiger partial charge is 0.481 e. The van der Waals surface area contributed by atoms with Gasteiger partial charge >= 0.3 is 11.9 Å². The normalized spacial score (nSPS) is 21.2. The molecule has 0 bridgehead atoms. The molecular weight excluding hydrogens is 420 g/mol. The van der Waals surface area contributed by atoms with Crippen LogP contribution in [0.15, 0.2) is 0 Å². The standard InChI is InChI=1S/C14H26O3.C13H24O3/c1-3-7-13(15)12(14(16)17-2)10-11-8-5-4-6-9-11;1-2-6-12(14)11(13(15)16)9-10-7-4-3-5-8-10/h11-13,15H,3-10H2,1-2H3;10-12,14H,2-9H2,1H3,(H,15,16)/t12-,13-;11-,12-/m11/s1. The van der Waals surface area contributed by atoms with Crippen molar-refractivity contribution in [2.75, 3.05) is 7.11 Å². The van der Waals surface area contributed by atoms with Crippen molar-refractivity contribution in [2.24, 2.45) is 23.7 Å². The highest BCUT2D eigenvalue weighted by atomic mass is 16.5. The molecule has 194 valence electrons. The van der Waals surface area contributed by atoms with Crippen LogP contribution in [-0.2, 0) is 14.3 Å². The summed E-state index contributed by atoms with van der Waals surface area (Å²) in [6, 6.07) is 0. The molecule has 2 aliphatic rings. The number of carbonyl (C=O) groups excluding carboxylic acids is 1. The molecule has 0 amide bonds. The number of methoxy groups -OCH3 is 1. The second kappa shape index (κ2) is 17.3. The molecule has 3 N–H and O–H groups in total. The van der Waals surface area contributed by atoms with Crippen molar-refractivity contribution in [2.45, 2.75) is 129 Å². The van der Waals surface area contributed by atoms with E-state index in [9.17, 15) is 19.8 Å². The van der Waals surface area contributed by atoms with Crippen molar-refractivity contribution in [1.82, 2.24) is 0 Å². The van der Waals surface area contributed by atoms with Gasteiger partial charge in [0.15, 0.2) is 0 Å². The van der Waals surface area contributed by atoms with Crippen molar-refractivity contribution in [3.05, 3.63) is 0 Å². The van der Waals surface area contributed by atoms with Crippen LogP contribution in [0.3, 0.4) is 0 Å². The molecule has 33 heavy (non-hydrogen) atoms. The zero-order valence-corrected chi connectivity index (χ0v) is 21.3. The predicted octanol–water partition coefficient (Wildman–Crippen LogP) is 5.73. The monoisotopic (exact) mass is 470 g/mol. The Balaban J connectivity index is 0.000000331. The fourth-order valence-electron chi connectivity index (χ4n) is 5.54. The lowest BCUT2D eigenvalue weighted by molar-refractivity contribution is -0.151. The van der Waals surface area contributed by atoms with Gasteiger partial charge < -0.3 is 20.1 Å². The van der Waals surface area contributed by atoms with E-state index in [0.717, 1.165) is 32.1 Å². The summed E-state index contributed by atoms with van der Waals surface area (Å²) < 4.78 is 4.82. The van der Waals surface area contributed by atoms with E-state index in [0.29, 0.717) is 31.1 Å². The first-order valence-corrected chi connectivity index (χ1v) is 13.5. The van der Waals surface area contributed by atoms with Gasteiger partial charge in [-0.15, -0.1) is 0 Å². The summed E-state index contributed by atoms with van der Waals surface area (Å²) in [5.74, 6) is -0.824. The molecule has 6 heteroatoms. The van der Waals surface area contributed by atoms with Gasteiger partial charge in [-0.05, 0) is 37.5 Å². The van der Waals surface area contributed by atoms with Crippen LogP contribution in [0, 0.1) is 23.7 Å². The first-order valence-electron chi connectivity index (χ1n) is 13.5. The first-order chi connectivity index (χ1) is 15.8. The highest BCUT2D eigenvalue weighted by Gasteiger charge is 2.31. The maximum absolute atomic E-state index is 11.7. The molecule has 0 aromatic rings. The zero-order valence-electron chi connectivity index (χ0n) is 21.3. The number of rotatable bonds is 12. The molecule has 0 spiro atoms. The summed E-state index contributed by atoms with van der Waals surface area (Å²) in [6.45, 7) is 4.00. The van der Waals surface area contributed by atoms with E-state index < -0.39 is 24.1 Å². The van der Waals surface area contributed by atoms with Gasteiger partial charge in [-0.25, -0.2) is 0 Å². The average Bonchev–Trinajstić information content (AvgIpc) is 2.82. The molecule has 0 radical (unpaired) electrons. The average molecular weight is 471 g/mol. The number of aliphatic hydroxyl groups excluding tert-OH is 2. The van der Waals surface area contributed by atoms with Gasteiger partial charge in [0.05, 0.1) is 31.2 Å². The Bertz CT molecular complexity index is 525. The van der Waals surface area contributed by atoms with E-state index in [-0.39, 0.29) is 11.9 Å². The van der Waals surface area contributed by atoms with Gasteiger partial charge in [-0.1, -0.05) is 90.9 Å². The van der Waals surface area contributed by atoms with Crippen LogP contribution in [0.25, 0.3) is 0 Å². The van der Waals surface area contributed by atoms with Crippen molar-refractivity contribution in [3.8, 4) is 0 Å². The summed E-state index contributed by atoms with van der Waals surface area (Å²) in [5.41, 5.74) is 0. The Morgan fingerprint density at radius 2 is 1.15 bits per heavy atom. The molecule has 0 aromatic carbocycles. The van der Waals surface area contributed by atoms with E-state index in [1.807, 2.05) is 13.8 Å². The molecule has 0 aromatic heterocycles. The third-order valence-electron chi connectivity index (χ3n) is 7.54. The molecule has 6 nitrogen and oxygen atoms in total. The van der Waals surface area contributed by atoms with Gasteiger partial charge in [-0.2, -0.15) is 0 Å². The number of aliphatic hydroxyl groups is 2. The van der Waals surface area contributed by atoms with Crippen LogP contribution in [-0.4, -0.2) is 46.6 Å². The number of esters is 1. The maximum atomic E-state index is 11.7. The van der Waals surface area contributed by atoms with Crippen molar-refractivity contribution >= 4 is 11.9 Å². The topological polar surface area (TPSA) is 104 Å². The Morgan fingerprint density at radius 1 is 0.758 bits per heavy atom. The lowest BCUT2D eigenvalue weighted by Gasteiger charge is -2.27. The molecule has 2 aliphatic carbocycles. The first kappa shape index (κ1) is 29.9. The number of carboxylic acid groups (broad SMARTS) is 1. The van der Waals surface area contributed by atoms with E-state index in [2.05, 4.69) is 0 Å². The van der Waals surface area contributed by atoms with E-state index >= 15 is 0 Å². The Labute approximate surface area is 201 Å². The summed E-state index contributed by atoms with van der Waals surface area (Å²) in [7, 11) is 1.41. The Kier molecular flexibility index (Phi) is 15.7. The molecule has 0 aliphatic heterocycles. The predicted molar refractivity (Wildman–Crippen MR) is 131 cm³/mol. The van der Waals surface area contributed by atoms with Crippen LogP contribution < -0.4 is 0 Å². The molecule has 2 saturated carbocycles. The third-order valence-corrected chi connectivity index (χ3v) is 7.54. The molecule has 4 atom stereocenters. The minimum absolute atomic E-state index is 0.239. The molecule has 2 fully saturated rings. The van der Waals surface area contributed by atoms with Crippen LogP contribution in [0.4, 0.5) is 0 Å². The maximum Gasteiger partial charge on any atom is 0.311 e. The van der Waals surface area contributed by atoms with Gasteiger partial charge in [0.1, 0.15) is 0 Å². The number of carbonyl (C=O) groups is 2. The summed E-state index contributed by atoms with van der Waals surface area (Å²) >= 11 is 0. The van der Waals surface area contributed by atoms with Gasteiger partial charge in [-0.3, -0.25) is 9.59 Å². The molecule has 0 saturated heterocycles. The van der Waals surface area contributed by atoms with Crippen LogP contribution in [0.2, 0.25) is 0 Å². The lowest BCUT2D eigenvalue weighted by atomic mass is 9.80. The number of ether oxygens (including phenoxy) is 1. The highest BCUT2D eigenvalue weighted by molar-refractivity contribution is 5.73. The fourth-order valence-corrected chi connectivity index (χ4v) is 5.54. The van der Waals surface area contributed by atoms with E-state index in [1.165, 1.54) is 58.5 Å². The minimum atomic E-state index is -0.827. The van der Waals surface area contributed by atoms with Gasteiger partial charge in [0.2, 0.25) is 0 Å². The van der Waals surface area contributed by atoms with Crippen molar-refractivity contribution < 1.29 is 29.6 Å². The Morgan fingerprint density at radius 3 is 1.52 bits per heavy atom. The second-order valence-electron chi connectivity index (χ2n) is 10.3. The van der Waals surface area contributed by atoms with Crippen molar-refractivity contribution in [1.29, 1.82) is 0 Å². The number of aliphatic carboxylic acids is 1. The molecule has 0 unspecified atom stereocenters. The second-order valence-corrected chi connectivity index (χ2v) is 10.3. The zero-order chi connectivity index (χ0) is 24.6.